The first-order valence-corrected chi connectivity index (χ1v) is 11.3. The molecule has 3 heterocycles. The molecule has 1 fully saturated rings. The summed E-state index contributed by atoms with van der Waals surface area (Å²) in [6, 6.07) is 9.45. The number of nitrogens with one attached hydrogen (secondary N) is 1. The van der Waals surface area contributed by atoms with Crippen molar-refractivity contribution in [2.24, 2.45) is 0 Å². The van der Waals surface area contributed by atoms with Gasteiger partial charge in [-0.15, -0.1) is 0 Å². The molecule has 2 atom stereocenters. The van der Waals surface area contributed by atoms with Crippen molar-refractivity contribution in [2.75, 3.05) is 6.61 Å². The minimum atomic E-state index is -1.16. The van der Waals surface area contributed by atoms with Crippen molar-refractivity contribution in [1.29, 1.82) is 0 Å². The van der Waals surface area contributed by atoms with Crippen LogP contribution in [0, 0.1) is 12.7 Å². The van der Waals surface area contributed by atoms with Crippen LogP contribution in [0.2, 0.25) is 0 Å². The first kappa shape index (κ1) is 21.6. The maximum absolute atomic E-state index is 14.1. The number of fused-ring (bicyclic) bond motifs is 2. The van der Waals surface area contributed by atoms with E-state index in [1.54, 1.807) is 20.0 Å². The lowest BCUT2D eigenvalue weighted by molar-refractivity contribution is -0.170. The summed E-state index contributed by atoms with van der Waals surface area (Å²) in [5.74, 6) is -0.914. The van der Waals surface area contributed by atoms with Crippen molar-refractivity contribution in [3.63, 3.8) is 0 Å². The van der Waals surface area contributed by atoms with Gasteiger partial charge in [0.15, 0.2) is 5.60 Å². The van der Waals surface area contributed by atoms with Crippen LogP contribution in [0.15, 0.2) is 36.5 Å². The van der Waals surface area contributed by atoms with Crippen LogP contribution < -0.4 is 0 Å². The molecule has 2 aromatic carbocycles. The Kier molecular flexibility index (Phi) is 5.05. The monoisotopic (exact) mass is 449 g/mol. The number of nitrogens with zero attached hydrogens (tertiary/aromatic N) is 2. The normalized spacial score (nSPS) is 21.3. The van der Waals surface area contributed by atoms with Gasteiger partial charge in [-0.05, 0) is 74.1 Å². The van der Waals surface area contributed by atoms with Crippen LogP contribution in [-0.2, 0) is 9.53 Å². The number of ether oxygens (including phenoxy) is 1. The van der Waals surface area contributed by atoms with Crippen LogP contribution in [0.25, 0.3) is 27.5 Å². The molecule has 0 amide bonds. The molecule has 33 heavy (non-hydrogen) atoms. The van der Waals surface area contributed by atoms with E-state index in [2.05, 4.69) is 40.7 Å². The zero-order chi connectivity index (χ0) is 23.5. The van der Waals surface area contributed by atoms with E-state index in [0.29, 0.717) is 25.0 Å². The molecule has 1 aliphatic heterocycles. The molecule has 172 valence electrons. The Morgan fingerprint density at radius 1 is 1.33 bits per heavy atom. The van der Waals surface area contributed by atoms with Gasteiger partial charge in [0.25, 0.3) is 0 Å². The minimum Gasteiger partial charge on any atom is -0.479 e. The van der Waals surface area contributed by atoms with E-state index in [4.69, 9.17) is 4.74 Å². The number of H-pyrrole nitrogens is 1. The minimum absolute atomic E-state index is 0.0560. The largest absolute Gasteiger partial charge is 0.479 e. The van der Waals surface area contributed by atoms with Gasteiger partial charge in [-0.3, -0.25) is 5.10 Å². The van der Waals surface area contributed by atoms with Crippen LogP contribution in [0.3, 0.4) is 0 Å². The molecule has 0 aliphatic carbocycles. The fraction of sp³-hybridized carbons (Fsp3) is 0.385. The van der Waals surface area contributed by atoms with Gasteiger partial charge in [0.2, 0.25) is 0 Å². The van der Waals surface area contributed by atoms with Crippen LogP contribution in [-0.4, -0.2) is 38.0 Å². The van der Waals surface area contributed by atoms with Gasteiger partial charge in [-0.2, -0.15) is 5.10 Å². The third kappa shape index (κ3) is 3.42. The predicted molar refractivity (Wildman–Crippen MR) is 126 cm³/mol. The number of benzene rings is 2. The zero-order valence-electron chi connectivity index (χ0n) is 19.3. The van der Waals surface area contributed by atoms with E-state index in [-0.39, 0.29) is 17.7 Å². The smallest absolute Gasteiger partial charge is 0.335 e. The Hall–Kier alpha value is -3.19. The highest BCUT2D eigenvalue weighted by Crippen LogP contribution is 2.44. The zero-order valence-corrected chi connectivity index (χ0v) is 19.3. The first-order valence-electron chi connectivity index (χ1n) is 11.3. The van der Waals surface area contributed by atoms with Crippen LogP contribution >= 0.6 is 0 Å². The number of hydrogen-bond donors (Lipinski definition) is 2. The lowest BCUT2D eigenvalue weighted by Crippen LogP contribution is -2.43. The summed E-state index contributed by atoms with van der Waals surface area (Å²) in [5, 5.41) is 18.9. The number of rotatable bonds is 4. The fourth-order valence-electron chi connectivity index (χ4n) is 5.10. The molecule has 2 aromatic heterocycles. The van der Waals surface area contributed by atoms with E-state index < -0.39 is 11.6 Å². The Bertz CT molecular complexity index is 1380. The summed E-state index contributed by atoms with van der Waals surface area (Å²) in [6.45, 7) is 8.07. The highest BCUT2D eigenvalue weighted by atomic mass is 19.1. The number of aliphatic carboxylic acids is 1. The van der Waals surface area contributed by atoms with E-state index in [1.807, 2.05) is 12.1 Å². The second kappa shape index (κ2) is 7.70. The number of carboxylic acids is 1. The molecule has 0 bridgehead atoms. The number of hydrogen-bond acceptors (Lipinski definition) is 3. The van der Waals surface area contributed by atoms with Gasteiger partial charge < -0.3 is 14.4 Å². The van der Waals surface area contributed by atoms with Crippen LogP contribution in [0.1, 0.15) is 62.3 Å². The Morgan fingerprint density at radius 2 is 2.12 bits per heavy atom. The predicted octanol–water partition coefficient (Wildman–Crippen LogP) is 5.82. The average molecular weight is 450 g/mol. The lowest BCUT2D eigenvalue weighted by Gasteiger charge is -2.35. The van der Waals surface area contributed by atoms with Crippen molar-refractivity contribution in [3.8, 4) is 5.69 Å². The topological polar surface area (TPSA) is 80.1 Å². The molecule has 0 spiro atoms. The van der Waals surface area contributed by atoms with Crippen molar-refractivity contribution in [2.45, 2.75) is 58.0 Å². The molecule has 0 unspecified atom stereocenters. The Labute approximate surface area is 191 Å². The SMILES string of the molecule is Cc1cc(-n2c(C(C)C)c([C@H]3CC[C@@](C)(C(=O)O)OC3)c3cc4[nH]ncc4cc32)ccc1F. The lowest BCUT2D eigenvalue weighted by atomic mass is 9.83. The van der Waals surface area contributed by atoms with Gasteiger partial charge in [-0.25, -0.2) is 9.18 Å². The number of aromatic nitrogens is 3. The average Bonchev–Trinajstić information content (AvgIpc) is 3.36. The van der Waals surface area contributed by atoms with Gasteiger partial charge >= 0.3 is 5.97 Å². The summed E-state index contributed by atoms with van der Waals surface area (Å²) in [4.78, 5) is 11.7. The third-order valence-corrected chi connectivity index (χ3v) is 6.98. The Morgan fingerprint density at radius 3 is 2.76 bits per heavy atom. The molecule has 5 rings (SSSR count). The van der Waals surface area contributed by atoms with Gasteiger partial charge in [-0.1, -0.05) is 13.8 Å². The standard InChI is InChI=1S/C26H28FN3O3/c1-14(2)24-23(16-7-8-26(4,25(31)32)33-13-16)19-11-21-17(12-28-29-21)10-22(19)30(24)18-5-6-20(27)15(3)9-18/h5-6,9-12,14,16H,7-8,13H2,1-4H3,(H,28,29)(H,31,32)/t16-,26-/m0/s1. The van der Waals surface area contributed by atoms with E-state index in [0.717, 1.165) is 33.2 Å². The highest BCUT2D eigenvalue weighted by Gasteiger charge is 2.41. The summed E-state index contributed by atoms with van der Waals surface area (Å²) in [7, 11) is 0. The maximum Gasteiger partial charge on any atom is 0.335 e. The summed E-state index contributed by atoms with van der Waals surface area (Å²) >= 11 is 0. The van der Waals surface area contributed by atoms with Crippen LogP contribution in [0.5, 0.6) is 0 Å². The van der Waals surface area contributed by atoms with E-state index >= 15 is 0 Å². The second-order valence-corrected chi connectivity index (χ2v) is 9.63. The first-order chi connectivity index (χ1) is 15.7. The van der Waals surface area contributed by atoms with Gasteiger partial charge in [0.1, 0.15) is 5.82 Å². The molecule has 0 saturated carbocycles. The van der Waals surface area contributed by atoms with E-state index in [9.17, 15) is 14.3 Å². The molecule has 2 N–H and O–H groups in total. The molecular formula is C26H28FN3O3. The number of carbonyl (C=O) groups is 1. The molecular weight excluding hydrogens is 421 g/mol. The summed E-state index contributed by atoms with van der Waals surface area (Å²) in [5.41, 5.74) is 4.63. The highest BCUT2D eigenvalue weighted by molar-refractivity contribution is 5.99. The van der Waals surface area contributed by atoms with Crippen molar-refractivity contribution in [3.05, 3.63) is 59.2 Å². The van der Waals surface area contributed by atoms with Crippen molar-refractivity contribution in [1.82, 2.24) is 14.8 Å². The fourth-order valence-corrected chi connectivity index (χ4v) is 5.10. The van der Waals surface area contributed by atoms with Crippen LogP contribution in [0.4, 0.5) is 4.39 Å². The Balaban J connectivity index is 1.77. The van der Waals surface area contributed by atoms with Gasteiger partial charge in [0.05, 0.1) is 23.8 Å². The second-order valence-electron chi connectivity index (χ2n) is 9.63. The summed E-state index contributed by atoms with van der Waals surface area (Å²) < 4.78 is 22.2. The van der Waals surface area contributed by atoms with Crippen molar-refractivity contribution >= 4 is 27.8 Å². The molecule has 7 heteroatoms. The molecule has 0 radical (unpaired) electrons. The van der Waals surface area contributed by atoms with Crippen molar-refractivity contribution < 1.29 is 19.0 Å². The summed E-state index contributed by atoms with van der Waals surface area (Å²) in [6.07, 6.45) is 2.96. The molecule has 1 saturated heterocycles. The van der Waals surface area contributed by atoms with E-state index in [1.165, 1.54) is 11.6 Å². The maximum atomic E-state index is 14.1. The molecule has 4 aromatic rings. The number of carboxylic acid groups (broad SMARTS) is 1. The van der Waals surface area contributed by atoms with Gasteiger partial charge in [0, 0.05) is 28.1 Å². The number of halogens is 1. The third-order valence-electron chi connectivity index (χ3n) is 6.98. The number of aromatic amines is 1. The molecule has 1 aliphatic rings. The quantitative estimate of drug-likeness (QED) is 0.412. The number of aryl methyl sites for hydroxylation is 1. The molecule has 6 nitrogen and oxygen atoms in total.